The van der Waals surface area contributed by atoms with Crippen LogP contribution in [0.25, 0.3) is 0 Å². The molecule has 2 aliphatic rings. The second-order valence-electron chi connectivity index (χ2n) is 12.8. The van der Waals surface area contributed by atoms with Crippen LogP contribution in [0.2, 0.25) is 0 Å². The van der Waals surface area contributed by atoms with Gasteiger partial charge >= 0.3 is 0 Å². The molecule has 0 saturated heterocycles. The quantitative estimate of drug-likeness (QED) is 0.275. The van der Waals surface area contributed by atoms with Crippen LogP contribution in [0.5, 0.6) is 5.75 Å². The van der Waals surface area contributed by atoms with Crippen LogP contribution in [0.4, 0.5) is 0 Å². The van der Waals surface area contributed by atoms with E-state index < -0.39 is 12.1 Å². The normalized spacial score (nSPS) is 24.4. The number of aromatic hydroxyl groups is 1. The number of fused-ring (bicyclic) bond motifs is 1. The summed E-state index contributed by atoms with van der Waals surface area (Å²) in [6.07, 6.45) is 6.34. The van der Waals surface area contributed by atoms with E-state index in [2.05, 4.69) is 10.6 Å². The van der Waals surface area contributed by atoms with Crippen LogP contribution in [0.3, 0.4) is 0 Å². The molecule has 2 aliphatic carbocycles. The zero-order chi connectivity index (χ0) is 28.9. The smallest absolute Gasteiger partial charge is 0.252 e. The number of amides is 2. The van der Waals surface area contributed by atoms with Crippen molar-refractivity contribution in [2.75, 3.05) is 5.75 Å². The van der Waals surface area contributed by atoms with Crippen LogP contribution in [-0.4, -0.2) is 45.5 Å². The molecule has 2 aromatic carbocycles. The van der Waals surface area contributed by atoms with Crippen molar-refractivity contribution >= 4 is 23.6 Å². The molecule has 2 saturated carbocycles. The summed E-state index contributed by atoms with van der Waals surface area (Å²) in [6, 6.07) is 14.3. The number of nitrogens with one attached hydrogen (secondary N) is 2. The Morgan fingerprint density at radius 3 is 2.35 bits per heavy atom. The summed E-state index contributed by atoms with van der Waals surface area (Å²) in [7, 11) is 0. The summed E-state index contributed by atoms with van der Waals surface area (Å²) >= 11 is 1.59. The first kappa shape index (κ1) is 30.4. The van der Waals surface area contributed by atoms with E-state index in [1.807, 2.05) is 51.1 Å². The molecule has 5 unspecified atom stereocenters. The van der Waals surface area contributed by atoms with Gasteiger partial charge in [-0.3, -0.25) is 9.59 Å². The minimum atomic E-state index is -0.812. The van der Waals surface area contributed by atoms with Crippen molar-refractivity contribution in [2.24, 2.45) is 23.7 Å². The largest absolute Gasteiger partial charge is 0.508 e. The molecule has 218 valence electrons. The van der Waals surface area contributed by atoms with Crippen molar-refractivity contribution in [1.82, 2.24) is 10.6 Å². The Balaban J connectivity index is 1.54. The average molecular weight is 567 g/mol. The Morgan fingerprint density at radius 2 is 1.68 bits per heavy atom. The average Bonchev–Trinajstić information content (AvgIpc) is 2.91. The van der Waals surface area contributed by atoms with Gasteiger partial charge in [-0.25, -0.2) is 0 Å². The zero-order valence-electron chi connectivity index (χ0n) is 24.4. The van der Waals surface area contributed by atoms with Gasteiger partial charge < -0.3 is 20.8 Å². The molecule has 0 spiro atoms. The van der Waals surface area contributed by atoms with Gasteiger partial charge in [-0.05, 0) is 89.0 Å². The Hall–Kier alpha value is -2.51. The van der Waals surface area contributed by atoms with Gasteiger partial charge in [-0.1, -0.05) is 49.9 Å². The number of rotatable bonds is 9. The van der Waals surface area contributed by atoms with Gasteiger partial charge in [-0.2, -0.15) is 0 Å². The minimum Gasteiger partial charge on any atom is -0.508 e. The first-order chi connectivity index (χ1) is 19.0. The van der Waals surface area contributed by atoms with E-state index in [0.29, 0.717) is 35.1 Å². The van der Waals surface area contributed by atoms with Crippen molar-refractivity contribution in [3.63, 3.8) is 0 Å². The number of carbonyl (C=O) groups excluding carboxylic acids is 2. The van der Waals surface area contributed by atoms with E-state index in [-0.39, 0.29) is 34.9 Å². The predicted molar refractivity (Wildman–Crippen MR) is 161 cm³/mol. The first-order valence-corrected chi connectivity index (χ1v) is 15.8. The summed E-state index contributed by atoms with van der Waals surface area (Å²) in [4.78, 5) is 27.9. The zero-order valence-corrected chi connectivity index (χ0v) is 25.2. The monoisotopic (exact) mass is 566 g/mol. The van der Waals surface area contributed by atoms with Crippen molar-refractivity contribution in [3.8, 4) is 5.75 Å². The molecule has 2 aromatic rings. The lowest BCUT2D eigenvalue weighted by Gasteiger charge is -2.45. The molecule has 6 nitrogen and oxygen atoms in total. The number of benzene rings is 2. The van der Waals surface area contributed by atoms with Crippen LogP contribution >= 0.6 is 11.8 Å². The maximum Gasteiger partial charge on any atom is 0.252 e. The molecule has 7 heteroatoms. The molecule has 6 atom stereocenters. The number of phenols is 1. The summed E-state index contributed by atoms with van der Waals surface area (Å²) < 4.78 is 0. The highest BCUT2D eigenvalue weighted by Crippen LogP contribution is 2.47. The number of carbonyl (C=O) groups is 2. The van der Waals surface area contributed by atoms with Gasteiger partial charge in [0.25, 0.3) is 5.91 Å². The topological polar surface area (TPSA) is 98.7 Å². The molecule has 2 amide bonds. The molecular weight excluding hydrogens is 520 g/mol. The predicted octanol–water partition coefficient (Wildman–Crippen LogP) is 6.09. The lowest BCUT2D eigenvalue weighted by molar-refractivity contribution is -0.132. The third-order valence-electron chi connectivity index (χ3n) is 8.68. The van der Waals surface area contributed by atoms with Gasteiger partial charge in [0.1, 0.15) is 5.75 Å². The van der Waals surface area contributed by atoms with Crippen LogP contribution in [0.1, 0.15) is 81.6 Å². The van der Waals surface area contributed by atoms with Crippen molar-refractivity contribution < 1.29 is 19.8 Å². The molecule has 40 heavy (non-hydrogen) atoms. The molecule has 0 bridgehead atoms. The Labute approximate surface area is 243 Å². The maximum absolute atomic E-state index is 13.5. The summed E-state index contributed by atoms with van der Waals surface area (Å²) in [5.41, 5.74) is 0.594. The van der Waals surface area contributed by atoms with Crippen molar-refractivity contribution in [2.45, 2.75) is 95.2 Å². The van der Waals surface area contributed by atoms with Crippen molar-refractivity contribution in [3.05, 3.63) is 59.7 Å². The highest BCUT2D eigenvalue weighted by atomic mass is 32.2. The highest BCUT2D eigenvalue weighted by molar-refractivity contribution is 7.99. The van der Waals surface area contributed by atoms with E-state index in [0.717, 1.165) is 17.7 Å². The molecule has 0 aromatic heterocycles. The third kappa shape index (κ3) is 8.03. The number of hydrogen-bond donors (Lipinski definition) is 4. The number of thioether (sulfide) groups is 1. The number of aliphatic hydroxyl groups is 1. The van der Waals surface area contributed by atoms with E-state index in [1.165, 1.54) is 25.7 Å². The maximum atomic E-state index is 13.5. The van der Waals surface area contributed by atoms with Gasteiger partial charge in [0.15, 0.2) is 0 Å². The van der Waals surface area contributed by atoms with Crippen LogP contribution in [0.15, 0.2) is 53.4 Å². The molecule has 0 heterocycles. The standard InChI is InChI=1S/C33H46N2O4S/c1-21-26(15-10-16-29(21)36)31(38)34-28(20-40-25-13-6-5-7-14-25)30(37)19-24-17-22-11-8-9-12-23(22)18-27(24)32(39)35-33(2,3)4/h5-7,10,13-16,22-24,27-28,30,36-37H,8-9,11-12,17-20H2,1-4H3,(H,34,38)(H,35,39)/t22?,23?,24?,27-,28?,30?/m1/s1. The lowest BCUT2D eigenvalue weighted by Crippen LogP contribution is -2.51. The van der Waals surface area contributed by atoms with Gasteiger partial charge in [0, 0.05) is 33.2 Å². The fraction of sp³-hybridized carbons (Fsp3) is 0.576. The fourth-order valence-corrected chi connectivity index (χ4v) is 7.59. The summed E-state index contributed by atoms with van der Waals surface area (Å²) in [5.74, 6) is 1.43. The fourth-order valence-electron chi connectivity index (χ4n) is 6.56. The Morgan fingerprint density at radius 1 is 1.00 bits per heavy atom. The van der Waals surface area contributed by atoms with Crippen LogP contribution in [-0.2, 0) is 4.79 Å². The Bertz CT molecular complexity index is 1150. The van der Waals surface area contributed by atoms with Crippen LogP contribution in [0, 0.1) is 30.6 Å². The highest BCUT2D eigenvalue weighted by Gasteiger charge is 2.43. The number of phenolic OH excluding ortho intramolecular Hbond substituents is 1. The van der Waals surface area contributed by atoms with E-state index in [4.69, 9.17) is 0 Å². The van der Waals surface area contributed by atoms with Gasteiger partial charge in [-0.15, -0.1) is 11.8 Å². The summed E-state index contributed by atoms with van der Waals surface area (Å²) in [5, 5.41) is 28.1. The third-order valence-corrected chi connectivity index (χ3v) is 9.81. The second-order valence-corrected chi connectivity index (χ2v) is 13.9. The minimum absolute atomic E-state index is 0.0559. The number of hydrogen-bond acceptors (Lipinski definition) is 5. The van der Waals surface area contributed by atoms with E-state index in [1.54, 1.807) is 36.9 Å². The SMILES string of the molecule is Cc1c(O)cccc1C(=O)NC(CSc1ccccc1)C(O)CC1CC2CCCCC2C[C@H]1C(=O)NC(C)(C)C. The summed E-state index contributed by atoms with van der Waals surface area (Å²) in [6.45, 7) is 7.75. The first-order valence-electron chi connectivity index (χ1n) is 14.8. The second kappa shape index (κ2) is 13.4. The Kier molecular flexibility index (Phi) is 10.2. The molecule has 4 rings (SSSR count). The van der Waals surface area contributed by atoms with Crippen LogP contribution < -0.4 is 10.6 Å². The van der Waals surface area contributed by atoms with Crippen molar-refractivity contribution in [1.29, 1.82) is 0 Å². The molecule has 0 radical (unpaired) electrons. The molecular formula is C33H46N2O4S. The van der Waals surface area contributed by atoms with Gasteiger partial charge in [0.05, 0.1) is 12.1 Å². The lowest BCUT2D eigenvalue weighted by atomic mass is 9.62. The number of aliphatic hydroxyl groups excluding tert-OH is 1. The van der Waals surface area contributed by atoms with E-state index >= 15 is 0 Å². The van der Waals surface area contributed by atoms with E-state index in [9.17, 15) is 19.8 Å². The molecule has 4 N–H and O–H groups in total. The molecule has 2 fully saturated rings. The van der Waals surface area contributed by atoms with Gasteiger partial charge in [0.2, 0.25) is 5.91 Å². The molecule has 0 aliphatic heterocycles.